The Morgan fingerprint density at radius 1 is 1.25 bits per heavy atom. The quantitative estimate of drug-likeness (QED) is 0.822. The Morgan fingerprint density at radius 3 is 2.50 bits per heavy atom. The van der Waals surface area contributed by atoms with Crippen molar-refractivity contribution in [1.29, 1.82) is 0 Å². The SMILES string of the molecule is Cc1cc(C)cc(CC(O)c2ncn[nH]2)c1. The van der Waals surface area contributed by atoms with Gasteiger partial charge in [-0.1, -0.05) is 29.3 Å². The lowest BCUT2D eigenvalue weighted by Gasteiger charge is -2.09. The van der Waals surface area contributed by atoms with Crippen molar-refractivity contribution >= 4 is 0 Å². The minimum atomic E-state index is -0.622. The van der Waals surface area contributed by atoms with Crippen LogP contribution in [-0.4, -0.2) is 20.3 Å². The molecule has 4 nitrogen and oxygen atoms in total. The van der Waals surface area contributed by atoms with Crippen LogP contribution in [0.1, 0.15) is 28.6 Å². The summed E-state index contributed by atoms with van der Waals surface area (Å²) in [5, 5.41) is 16.3. The highest BCUT2D eigenvalue weighted by Crippen LogP contribution is 2.16. The highest BCUT2D eigenvalue weighted by molar-refractivity contribution is 5.29. The van der Waals surface area contributed by atoms with Crippen LogP contribution in [0.4, 0.5) is 0 Å². The molecule has 0 aliphatic rings. The van der Waals surface area contributed by atoms with E-state index in [4.69, 9.17) is 0 Å². The number of nitrogens with one attached hydrogen (secondary N) is 1. The summed E-state index contributed by atoms with van der Waals surface area (Å²) < 4.78 is 0. The lowest BCUT2D eigenvalue weighted by atomic mass is 10.0. The third kappa shape index (κ3) is 2.46. The summed E-state index contributed by atoms with van der Waals surface area (Å²) in [6, 6.07) is 6.27. The minimum Gasteiger partial charge on any atom is -0.385 e. The smallest absolute Gasteiger partial charge is 0.153 e. The fraction of sp³-hybridized carbons (Fsp3) is 0.333. The third-order valence-electron chi connectivity index (χ3n) is 2.46. The summed E-state index contributed by atoms with van der Waals surface area (Å²) in [7, 11) is 0. The van der Waals surface area contributed by atoms with Crippen molar-refractivity contribution in [3.63, 3.8) is 0 Å². The number of aromatic nitrogens is 3. The Hall–Kier alpha value is -1.68. The molecule has 0 amide bonds. The fourth-order valence-corrected chi connectivity index (χ4v) is 1.88. The van der Waals surface area contributed by atoms with E-state index in [2.05, 4.69) is 47.2 Å². The Bertz CT molecular complexity index is 445. The molecule has 1 aromatic carbocycles. The topological polar surface area (TPSA) is 61.8 Å². The van der Waals surface area contributed by atoms with Crippen LogP contribution in [0.25, 0.3) is 0 Å². The van der Waals surface area contributed by atoms with Gasteiger partial charge in [0.25, 0.3) is 0 Å². The molecule has 84 valence electrons. The van der Waals surface area contributed by atoms with Gasteiger partial charge in [-0.3, -0.25) is 5.10 Å². The number of H-pyrrole nitrogens is 1. The van der Waals surface area contributed by atoms with Crippen LogP contribution in [0.2, 0.25) is 0 Å². The van der Waals surface area contributed by atoms with Crippen molar-refractivity contribution in [2.75, 3.05) is 0 Å². The van der Waals surface area contributed by atoms with Crippen molar-refractivity contribution < 1.29 is 5.11 Å². The molecule has 1 atom stereocenters. The maximum atomic E-state index is 9.91. The zero-order valence-corrected chi connectivity index (χ0v) is 9.44. The van der Waals surface area contributed by atoms with E-state index >= 15 is 0 Å². The van der Waals surface area contributed by atoms with Gasteiger partial charge in [0.2, 0.25) is 0 Å². The van der Waals surface area contributed by atoms with Crippen LogP contribution < -0.4 is 0 Å². The second-order valence-electron chi connectivity index (χ2n) is 4.09. The average molecular weight is 217 g/mol. The van der Waals surface area contributed by atoms with E-state index in [-0.39, 0.29) is 0 Å². The van der Waals surface area contributed by atoms with Gasteiger partial charge in [0.15, 0.2) is 5.82 Å². The van der Waals surface area contributed by atoms with Crippen molar-refractivity contribution in [3.8, 4) is 0 Å². The normalized spacial score (nSPS) is 12.7. The number of nitrogens with zero attached hydrogens (tertiary/aromatic N) is 2. The van der Waals surface area contributed by atoms with Gasteiger partial charge in [-0.2, -0.15) is 5.10 Å². The van der Waals surface area contributed by atoms with E-state index in [1.807, 2.05) is 0 Å². The van der Waals surface area contributed by atoms with E-state index in [1.54, 1.807) is 0 Å². The highest BCUT2D eigenvalue weighted by atomic mass is 16.3. The van der Waals surface area contributed by atoms with Crippen molar-refractivity contribution in [1.82, 2.24) is 15.2 Å². The van der Waals surface area contributed by atoms with Gasteiger partial charge >= 0.3 is 0 Å². The van der Waals surface area contributed by atoms with Crippen LogP contribution in [0.3, 0.4) is 0 Å². The molecule has 1 heterocycles. The zero-order chi connectivity index (χ0) is 11.5. The Kier molecular flexibility index (Phi) is 3.01. The maximum Gasteiger partial charge on any atom is 0.153 e. The van der Waals surface area contributed by atoms with Crippen LogP contribution in [0, 0.1) is 13.8 Å². The Balaban J connectivity index is 2.15. The molecule has 0 fully saturated rings. The molecule has 0 aliphatic heterocycles. The first-order chi connectivity index (χ1) is 7.65. The predicted octanol–water partition coefficient (Wildman–Crippen LogP) is 1.70. The van der Waals surface area contributed by atoms with Gasteiger partial charge in [-0.15, -0.1) is 0 Å². The van der Waals surface area contributed by atoms with Gasteiger partial charge in [0.05, 0.1) is 0 Å². The molecule has 0 aliphatic carbocycles. The average Bonchev–Trinajstić information content (AvgIpc) is 2.68. The summed E-state index contributed by atoms with van der Waals surface area (Å²) in [4.78, 5) is 3.94. The Morgan fingerprint density at radius 2 is 1.94 bits per heavy atom. The number of hydrogen-bond donors (Lipinski definition) is 2. The largest absolute Gasteiger partial charge is 0.385 e. The van der Waals surface area contributed by atoms with E-state index in [0.29, 0.717) is 12.2 Å². The summed E-state index contributed by atoms with van der Waals surface area (Å²) in [5.74, 6) is 0.513. The summed E-state index contributed by atoms with van der Waals surface area (Å²) in [6.45, 7) is 4.11. The van der Waals surface area contributed by atoms with E-state index in [9.17, 15) is 5.11 Å². The number of aromatic amines is 1. The predicted molar refractivity (Wildman–Crippen MR) is 61.0 cm³/mol. The zero-order valence-electron chi connectivity index (χ0n) is 9.44. The molecule has 1 unspecified atom stereocenters. The number of aliphatic hydroxyl groups excluding tert-OH is 1. The van der Waals surface area contributed by atoms with Crippen LogP contribution >= 0.6 is 0 Å². The summed E-state index contributed by atoms with van der Waals surface area (Å²) in [5.41, 5.74) is 3.53. The second kappa shape index (κ2) is 4.45. The van der Waals surface area contributed by atoms with Gasteiger partial charge < -0.3 is 5.11 Å². The molecule has 0 saturated carbocycles. The molecule has 2 aromatic rings. The molecule has 16 heavy (non-hydrogen) atoms. The molecule has 2 rings (SSSR count). The van der Waals surface area contributed by atoms with Crippen LogP contribution in [0.5, 0.6) is 0 Å². The second-order valence-corrected chi connectivity index (χ2v) is 4.09. The van der Waals surface area contributed by atoms with Gasteiger partial charge in [0.1, 0.15) is 12.4 Å². The molecule has 0 spiro atoms. The maximum absolute atomic E-state index is 9.91. The van der Waals surface area contributed by atoms with Crippen LogP contribution in [-0.2, 0) is 6.42 Å². The molecule has 4 heteroatoms. The number of benzene rings is 1. The van der Waals surface area contributed by atoms with E-state index in [1.165, 1.54) is 17.5 Å². The molecule has 0 radical (unpaired) electrons. The van der Waals surface area contributed by atoms with E-state index in [0.717, 1.165) is 5.56 Å². The highest BCUT2D eigenvalue weighted by Gasteiger charge is 2.11. The molecule has 0 saturated heterocycles. The first-order valence-corrected chi connectivity index (χ1v) is 5.25. The van der Waals surface area contributed by atoms with Crippen molar-refractivity contribution in [2.45, 2.75) is 26.4 Å². The van der Waals surface area contributed by atoms with Crippen molar-refractivity contribution in [3.05, 3.63) is 47.0 Å². The number of aryl methyl sites for hydroxylation is 2. The van der Waals surface area contributed by atoms with Gasteiger partial charge in [-0.25, -0.2) is 4.98 Å². The first-order valence-electron chi connectivity index (χ1n) is 5.25. The van der Waals surface area contributed by atoms with Crippen LogP contribution in [0.15, 0.2) is 24.5 Å². The third-order valence-corrected chi connectivity index (χ3v) is 2.46. The number of aliphatic hydroxyl groups is 1. The molecular formula is C12H15N3O. The van der Waals surface area contributed by atoms with Gasteiger partial charge in [0, 0.05) is 6.42 Å². The molecule has 0 bridgehead atoms. The fourth-order valence-electron chi connectivity index (χ4n) is 1.88. The standard InChI is InChI=1S/C12H15N3O/c1-8-3-9(2)5-10(4-8)6-11(16)12-13-7-14-15-12/h3-5,7,11,16H,6H2,1-2H3,(H,13,14,15). The van der Waals surface area contributed by atoms with Crippen molar-refractivity contribution in [2.24, 2.45) is 0 Å². The monoisotopic (exact) mass is 217 g/mol. The van der Waals surface area contributed by atoms with Gasteiger partial charge in [-0.05, 0) is 19.4 Å². The Labute approximate surface area is 94.4 Å². The number of hydrogen-bond acceptors (Lipinski definition) is 3. The lowest BCUT2D eigenvalue weighted by molar-refractivity contribution is 0.169. The lowest BCUT2D eigenvalue weighted by Crippen LogP contribution is -2.04. The summed E-state index contributed by atoms with van der Waals surface area (Å²) >= 11 is 0. The van der Waals surface area contributed by atoms with E-state index < -0.39 is 6.10 Å². The summed E-state index contributed by atoms with van der Waals surface area (Å²) in [6.07, 6.45) is 1.33. The number of rotatable bonds is 3. The molecule has 1 aromatic heterocycles. The molecular weight excluding hydrogens is 202 g/mol. The minimum absolute atomic E-state index is 0.513. The first kappa shape index (κ1) is 10.8. The molecule has 2 N–H and O–H groups in total.